The van der Waals surface area contributed by atoms with Crippen molar-refractivity contribution in [2.75, 3.05) is 13.7 Å². The van der Waals surface area contributed by atoms with Crippen LogP contribution in [0, 0.1) is 5.92 Å². The van der Waals surface area contributed by atoms with Crippen molar-refractivity contribution in [2.45, 2.75) is 59.1 Å². The monoisotopic (exact) mass is 201 g/mol. The first kappa shape index (κ1) is 13.9. The van der Waals surface area contributed by atoms with Gasteiger partial charge < -0.3 is 10.1 Å². The summed E-state index contributed by atoms with van der Waals surface area (Å²) in [4.78, 5) is 0. The van der Waals surface area contributed by atoms with Gasteiger partial charge in [0.15, 0.2) is 0 Å². The molecular formula is C12H27NO. The Morgan fingerprint density at radius 2 is 1.86 bits per heavy atom. The number of likely N-dealkylation sites (N-methyl/N-ethyl adjacent to an activating group) is 1. The predicted molar refractivity (Wildman–Crippen MR) is 62.6 cm³/mol. The SMILES string of the molecule is CCCC(OC)C(CC(C)C)NCC. The smallest absolute Gasteiger partial charge is 0.0724 e. The third kappa shape index (κ3) is 5.61. The number of rotatable bonds is 8. The molecule has 2 nitrogen and oxygen atoms in total. The molecular weight excluding hydrogens is 174 g/mol. The molecule has 2 unspecified atom stereocenters. The summed E-state index contributed by atoms with van der Waals surface area (Å²) < 4.78 is 5.54. The number of hydrogen-bond acceptors (Lipinski definition) is 2. The molecule has 0 fully saturated rings. The van der Waals surface area contributed by atoms with Crippen molar-refractivity contribution in [1.29, 1.82) is 0 Å². The minimum atomic E-state index is 0.377. The Kier molecular flexibility index (Phi) is 8.20. The molecule has 0 spiro atoms. The van der Waals surface area contributed by atoms with Crippen molar-refractivity contribution >= 4 is 0 Å². The summed E-state index contributed by atoms with van der Waals surface area (Å²) in [5.74, 6) is 0.730. The topological polar surface area (TPSA) is 21.3 Å². The van der Waals surface area contributed by atoms with Crippen LogP contribution in [0.5, 0.6) is 0 Å². The maximum atomic E-state index is 5.54. The van der Waals surface area contributed by atoms with Crippen LogP contribution in [-0.2, 0) is 4.74 Å². The largest absolute Gasteiger partial charge is 0.380 e. The highest BCUT2D eigenvalue weighted by molar-refractivity contribution is 4.77. The molecule has 14 heavy (non-hydrogen) atoms. The fourth-order valence-electron chi connectivity index (χ4n) is 1.90. The molecule has 86 valence electrons. The molecule has 0 aliphatic heterocycles. The standard InChI is InChI=1S/C12H27NO/c1-6-8-12(14-5)11(13-7-2)9-10(3)4/h10-13H,6-9H2,1-5H3. The van der Waals surface area contributed by atoms with Crippen LogP contribution < -0.4 is 5.32 Å². The highest BCUT2D eigenvalue weighted by Crippen LogP contribution is 2.14. The molecule has 0 bridgehead atoms. The van der Waals surface area contributed by atoms with Crippen molar-refractivity contribution in [3.63, 3.8) is 0 Å². The fourth-order valence-corrected chi connectivity index (χ4v) is 1.90. The van der Waals surface area contributed by atoms with Gasteiger partial charge in [-0.05, 0) is 25.3 Å². The summed E-state index contributed by atoms with van der Waals surface area (Å²) in [6.07, 6.45) is 3.92. The van der Waals surface area contributed by atoms with E-state index >= 15 is 0 Å². The van der Waals surface area contributed by atoms with E-state index < -0.39 is 0 Å². The molecule has 0 aliphatic carbocycles. The second-order valence-corrected chi connectivity index (χ2v) is 4.36. The van der Waals surface area contributed by atoms with Gasteiger partial charge in [0.1, 0.15) is 0 Å². The van der Waals surface area contributed by atoms with Crippen LogP contribution in [0.3, 0.4) is 0 Å². The molecule has 0 radical (unpaired) electrons. The Hall–Kier alpha value is -0.0800. The predicted octanol–water partition coefficient (Wildman–Crippen LogP) is 2.83. The molecule has 1 N–H and O–H groups in total. The van der Waals surface area contributed by atoms with Gasteiger partial charge in [0, 0.05) is 13.2 Å². The van der Waals surface area contributed by atoms with E-state index in [0.717, 1.165) is 18.9 Å². The van der Waals surface area contributed by atoms with E-state index in [2.05, 4.69) is 33.0 Å². The summed E-state index contributed by atoms with van der Waals surface area (Å²) in [5, 5.41) is 3.52. The van der Waals surface area contributed by atoms with Gasteiger partial charge in [-0.1, -0.05) is 34.1 Å². The molecule has 0 amide bonds. The molecule has 0 saturated carbocycles. The second-order valence-electron chi connectivity index (χ2n) is 4.36. The number of hydrogen-bond donors (Lipinski definition) is 1. The lowest BCUT2D eigenvalue weighted by Crippen LogP contribution is -2.41. The lowest BCUT2D eigenvalue weighted by molar-refractivity contribution is 0.0546. The third-order valence-corrected chi connectivity index (χ3v) is 2.52. The van der Waals surface area contributed by atoms with Crippen LogP contribution in [-0.4, -0.2) is 25.8 Å². The minimum absolute atomic E-state index is 0.377. The van der Waals surface area contributed by atoms with Gasteiger partial charge in [-0.25, -0.2) is 0 Å². The Morgan fingerprint density at radius 3 is 2.21 bits per heavy atom. The Bertz CT molecular complexity index is 125. The van der Waals surface area contributed by atoms with Crippen molar-refractivity contribution in [2.24, 2.45) is 5.92 Å². The van der Waals surface area contributed by atoms with Crippen LogP contribution >= 0.6 is 0 Å². The minimum Gasteiger partial charge on any atom is -0.380 e. The molecule has 0 aromatic carbocycles. The highest BCUT2D eigenvalue weighted by Gasteiger charge is 2.20. The van der Waals surface area contributed by atoms with Crippen LogP contribution in [0.4, 0.5) is 0 Å². The highest BCUT2D eigenvalue weighted by atomic mass is 16.5. The fraction of sp³-hybridized carbons (Fsp3) is 1.00. The van der Waals surface area contributed by atoms with Gasteiger partial charge in [-0.3, -0.25) is 0 Å². The summed E-state index contributed by atoms with van der Waals surface area (Å²) in [6, 6.07) is 0.518. The number of nitrogens with one attached hydrogen (secondary N) is 1. The van der Waals surface area contributed by atoms with E-state index in [1.165, 1.54) is 12.8 Å². The molecule has 0 aromatic rings. The van der Waals surface area contributed by atoms with E-state index in [-0.39, 0.29) is 0 Å². The maximum Gasteiger partial charge on any atom is 0.0724 e. The van der Waals surface area contributed by atoms with Gasteiger partial charge in [-0.15, -0.1) is 0 Å². The second kappa shape index (κ2) is 8.25. The van der Waals surface area contributed by atoms with E-state index in [9.17, 15) is 0 Å². The van der Waals surface area contributed by atoms with E-state index in [0.29, 0.717) is 12.1 Å². The summed E-state index contributed by atoms with van der Waals surface area (Å²) in [6.45, 7) is 9.93. The normalized spacial score (nSPS) is 15.9. The summed E-state index contributed by atoms with van der Waals surface area (Å²) in [5.41, 5.74) is 0. The maximum absolute atomic E-state index is 5.54. The Labute approximate surface area is 89.4 Å². The number of methoxy groups -OCH3 is 1. The molecule has 2 heteroatoms. The van der Waals surface area contributed by atoms with E-state index in [1.54, 1.807) is 0 Å². The van der Waals surface area contributed by atoms with Crippen LogP contribution in [0.1, 0.15) is 47.0 Å². The van der Waals surface area contributed by atoms with Gasteiger partial charge in [-0.2, -0.15) is 0 Å². The van der Waals surface area contributed by atoms with Crippen molar-refractivity contribution in [3.05, 3.63) is 0 Å². The molecule has 0 rings (SSSR count). The first-order chi connectivity index (χ1) is 6.65. The zero-order valence-electron chi connectivity index (χ0n) is 10.5. The number of ether oxygens (including phenoxy) is 1. The lowest BCUT2D eigenvalue weighted by atomic mass is 9.96. The average Bonchev–Trinajstić information content (AvgIpc) is 2.13. The first-order valence-corrected chi connectivity index (χ1v) is 5.91. The zero-order chi connectivity index (χ0) is 11.0. The Morgan fingerprint density at radius 1 is 1.21 bits per heavy atom. The summed E-state index contributed by atoms with van der Waals surface area (Å²) >= 11 is 0. The zero-order valence-corrected chi connectivity index (χ0v) is 10.5. The van der Waals surface area contributed by atoms with Crippen molar-refractivity contribution in [1.82, 2.24) is 5.32 Å². The van der Waals surface area contributed by atoms with Gasteiger partial charge in [0.05, 0.1) is 6.10 Å². The van der Waals surface area contributed by atoms with Crippen molar-refractivity contribution in [3.8, 4) is 0 Å². The molecule has 0 heterocycles. The van der Waals surface area contributed by atoms with Crippen LogP contribution in [0.25, 0.3) is 0 Å². The molecule has 0 aromatic heterocycles. The van der Waals surface area contributed by atoms with Crippen LogP contribution in [0.15, 0.2) is 0 Å². The lowest BCUT2D eigenvalue weighted by Gasteiger charge is -2.28. The van der Waals surface area contributed by atoms with Crippen LogP contribution in [0.2, 0.25) is 0 Å². The third-order valence-electron chi connectivity index (χ3n) is 2.52. The molecule has 0 saturated heterocycles. The Balaban J connectivity index is 4.11. The first-order valence-electron chi connectivity index (χ1n) is 5.91. The van der Waals surface area contributed by atoms with E-state index in [4.69, 9.17) is 4.74 Å². The van der Waals surface area contributed by atoms with Gasteiger partial charge in [0.2, 0.25) is 0 Å². The van der Waals surface area contributed by atoms with E-state index in [1.807, 2.05) is 7.11 Å². The van der Waals surface area contributed by atoms with Crippen molar-refractivity contribution < 1.29 is 4.74 Å². The van der Waals surface area contributed by atoms with Gasteiger partial charge in [0.25, 0.3) is 0 Å². The molecule has 2 atom stereocenters. The quantitative estimate of drug-likeness (QED) is 0.652. The van der Waals surface area contributed by atoms with Gasteiger partial charge >= 0.3 is 0 Å². The average molecular weight is 201 g/mol. The summed E-state index contributed by atoms with van der Waals surface area (Å²) in [7, 11) is 1.82. The molecule has 0 aliphatic rings.